The molecule has 3 heteroatoms. The summed E-state index contributed by atoms with van der Waals surface area (Å²) < 4.78 is 0. The molecule has 0 aromatic heterocycles. The maximum Gasteiger partial charge on any atom is 0.166 e. The molecule has 102 valence electrons. The third-order valence-corrected chi connectivity index (χ3v) is 2.95. The van der Waals surface area contributed by atoms with Crippen molar-refractivity contribution < 1.29 is 15.0 Å². The number of Topliss-reactive ketones (excluding diaryl/α,β-unsaturated/α-hetero) is 1. The molecule has 2 N–H and O–H groups in total. The van der Waals surface area contributed by atoms with Gasteiger partial charge in [-0.05, 0) is 18.3 Å². The van der Waals surface area contributed by atoms with E-state index < -0.39 is 11.5 Å². The van der Waals surface area contributed by atoms with E-state index in [9.17, 15) is 15.0 Å². The maximum absolute atomic E-state index is 11.9. The third kappa shape index (κ3) is 6.18. The van der Waals surface area contributed by atoms with Gasteiger partial charge in [0.25, 0.3) is 0 Å². The molecule has 0 spiro atoms. The van der Waals surface area contributed by atoms with Gasteiger partial charge in [-0.1, -0.05) is 41.5 Å². The molecule has 3 nitrogen and oxygen atoms in total. The van der Waals surface area contributed by atoms with Crippen LogP contribution < -0.4 is 0 Å². The Bertz CT molecular complexity index is 245. The number of aliphatic hydroxyl groups is 2. The molecule has 0 saturated heterocycles. The zero-order valence-corrected chi connectivity index (χ0v) is 12.1. The second-order valence-electron chi connectivity index (χ2n) is 7.10. The van der Waals surface area contributed by atoms with Crippen LogP contribution in [0.2, 0.25) is 0 Å². The summed E-state index contributed by atoms with van der Waals surface area (Å²) >= 11 is 0. The Labute approximate surface area is 105 Å². The standard InChI is InChI=1S/C14H28O3/c1-13(2,3)8-7-10(9-15)11(16)12(17)14(4,5)6/h10-11,15-16H,7-9H2,1-6H3/t10-,11+/m0/s1. The minimum Gasteiger partial charge on any atom is -0.396 e. The SMILES string of the molecule is CC(C)(C)CC[C@@H](CO)[C@@H](O)C(=O)C(C)(C)C. The quantitative estimate of drug-likeness (QED) is 0.780. The predicted octanol–water partition coefficient (Wildman–Crippen LogP) is 2.40. The average Bonchev–Trinajstić information content (AvgIpc) is 2.14. The molecule has 0 amide bonds. The zero-order valence-electron chi connectivity index (χ0n) is 12.1. The van der Waals surface area contributed by atoms with Gasteiger partial charge >= 0.3 is 0 Å². The summed E-state index contributed by atoms with van der Waals surface area (Å²) in [6.07, 6.45) is 0.498. The highest BCUT2D eigenvalue weighted by Crippen LogP contribution is 2.27. The molecule has 0 aliphatic heterocycles. The normalized spacial score (nSPS) is 16.7. The Balaban J connectivity index is 4.52. The molecular formula is C14H28O3. The first-order valence-electron chi connectivity index (χ1n) is 6.32. The Kier molecular flexibility index (Phi) is 5.82. The molecule has 0 radical (unpaired) electrons. The van der Waals surface area contributed by atoms with Crippen molar-refractivity contribution in [2.75, 3.05) is 6.61 Å². The molecule has 0 aromatic carbocycles. The summed E-state index contributed by atoms with van der Waals surface area (Å²) in [5.41, 5.74) is -0.410. The van der Waals surface area contributed by atoms with Crippen molar-refractivity contribution in [2.45, 2.75) is 60.5 Å². The van der Waals surface area contributed by atoms with Crippen molar-refractivity contribution in [3.8, 4) is 0 Å². The summed E-state index contributed by atoms with van der Waals surface area (Å²) in [4.78, 5) is 11.9. The van der Waals surface area contributed by atoms with Gasteiger partial charge < -0.3 is 10.2 Å². The zero-order chi connectivity index (χ0) is 13.9. The summed E-state index contributed by atoms with van der Waals surface area (Å²) in [7, 11) is 0. The van der Waals surface area contributed by atoms with Crippen molar-refractivity contribution >= 4 is 5.78 Å². The molecule has 0 bridgehead atoms. The fourth-order valence-electron chi connectivity index (χ4n) is 1.63. The Morgan fingerprint density at radius 3 is 1.88 bits per heavy atom. The molecule has 17 heavy (non-hydrogen) atoms. The first-order chi connectivity index (χ1) is 7.49. The van der Waals surface area contributed by atoms with Gasteiger partial charge in [0.15, 0.2) is 5.78 Å². The first kappa shape index (κ1) is 16.6. The van der Waals surface area contributed by atoms with E-state index in [0.29, 0.717) is 6.42 Å². The van der Waals surface area contributed by atoms with Crippen molar-refractivity contribution in [2.24, 2.45) is 16.7 Å². The maximum atomic E-state index is 11.9. The highest BCUT2D eigenvalue weighted by Gasteiger charge is 2.33. The van der Waals surface area contributed by atoms with Crippen molar-refractivity contribution in [1.29, 1.82) is 0 Å². The van der Waals surface area contributed by atoms with Gasteiger partial charge in [0.05, 0.1) is 0 Å². The highest BCUT2D eigenvalue weighted by molar-refractivity contribution is 5.87. The third-order valence-electron chi connectivity index (χ3n) is 2.95. The molecule has 0 unspecified atom stereocenters. The summed E-state index contributed by atoms with van der Waals surface area (Å²) in [6, 6.07) is 0. The Morgan fingerprint density at radius 2 is 1.59 bits per heavy atom. The minimum atomic E-state index is -1.05. The lowest BCUT2D eigenvalue weighted by molar-refractivity contribution is -0.139. The molecule has 0 heterocycles. The van der Waals surface area contributed by atoms with Crippen LogP contribution in [0, 0.1) is 16.7 Å². The predicted molar refractivity (Wildman–Crippen MR) is 69.7 cm³/mol. The lowest BCUT2D eigenvalue weighted by Gasteiger charge is -2.28. The van der Waals surface area contributed by atoms with Crippen LogP contribution in [0.4, 0.5) is 0 Å². The van der Waals surface area contributed by atoms with E-state index in [1.807, 2.05) is 0 Å². The summed E-state index contributed by atoms with van der Waals surface area (Å²) in [5.74, 6) is -0.536. The van der Waals surface area contributed by atoms with E-state index in [1.165, 1.54) is 0 Å². The van der Waals surface area contributed by atoms with Gasteiger partial charge in [-0.2, -0.15) is 0 Å². The molecule has 2 atom stereocenters. The van der Waals surface area contributed by atoms with Crippen molar-refractivity contribution in [3.05, 3.63) is 0 Å². The number of aliphatic hydroxyl groups excluding tert-OH is 2. The number of hydrogen-bond donors (Lipinski definition) is 2. The second kappa shape index (κ2) is 5.96. The lowest BCUT2D eigenvalue weighted by atomic mass is 9.79. The van der Waals surface area contributed by atoms with Gasteiger partial charge in [0, 0.05) is 17.9 Å². The van der Waals surface area contributed by atoms with Crippen LogP contribution in [0.15, 0.2) is 0 Å². The smallest absolute Gasteiger partial charge is 0.166 e. The van der Waals surface area contributed by atoms with Gasteiger partial charge in [0.2, 0.25) is 0 Å². The number of hydrogen-bond acceptors (Lipinski definition) is 3. The minimum absolute atomic E-state index is 0.140. The molecule has 0 saturated carbocycles. The number of ketones is 1. The fourth-order valence-corrected chi connectivity index (χ4v) is 1.63. The van der Waals surface area contributed by atoms with Crippen molar-refractivity contribution in [1.82, 2.24) is 0 Å². The summed E-state index contributed by atoms with van der Waals surface area (Å²) in [6.45, 7) is 11.6. The van der Waals surface area contributed by atoms with E-state index >= 15 is 0 Å². The van der Waals surface area contributed by atoms with Gasteiger partial charge in [-0.15, -0.1) is 0 Å². The van der Waals surface area contributed by atoms with Crippen LogP contribution in [0.5, 0.6) is 0 Å². The summed E-state index contributed by atoms with van der Waals surface area (Å²) in [5, 5.41) is 19.3. The fraction of sp³-hybridized carbons (Fsp3) is 0.929. The van der Waals surface area contributed by atoms with Crippen LogP contribution in [-0.4, -0.2) is 28.7 Å². The second-order valence-corrected chi connectivity index (χ2v) is 7.10. The number of carbonyl (C=O) groups excluding carboxylic acids is 1. The first-order valence-corrected chi connectivity index (χ1v) is 6.32. The molecule has 0 aromatic rings. The lowest BCUT2D eigenvalue weighted by Crippen LogP contribution is -2.39. The van der Waals surface area contributed by atoms with E-state index in [0.717, 1.165) is 6.42 Å². The molecular weight excluding hydrogens is 216 g/mol. The van der Waals surface area contributed by atoms with Crippen LogP contribution in [0.3, 0.4) is 0 Å². The van der Waals surface area contributed by atoms with Crippen LogP contribution in [0.25, 0.3) is 0 Å². The molecule has 0 rings (SSSR count). The van der Waals surface area contributed by atoms with Gasteiger partial charge in [-0.25, -0.2) is 0 Å². The average molecular weight is 244 g/mol. The number of carbonyl (C=O) groups is 1. The Hall–Kier alpha value is -0.410. The Morgan fingerprint density at radius 1 is 1.12 bits per heavy atom. The molecule has 0 aliphatic rings. The van der Waals surface area contributed by atoms with E-state index in [1.54, 1.807) is 20.8 Å². The van der Waals surface area contributed by atoms with Crippen LogP contribution in [0.1, 0.15) is 54.4 Å². The highest BCUT2D eigenvalue weighted by atomic mass is 16.3. The van der Waals surface area contributed by atoms with Gasteiger partial charge in [0.1, 0.15) is 6.10 Å². The number of rotatable bonds is 5. The van der Waals surface area contributed by atoms with E-state index in [2.05, 4.69) is 20.8 Å². The van der Waals surface area contributed by atoms with E-state index in [-0.39, 0.29) is 23.7 Å². The monoisotopic (exact) mass is 244 g/mol. The topological polar surface area (TPSA) is 57.5 Å². The molecule has 0 aliphatic carbocycles. The van der Waals surface area contributed by atoms with Gasteiger partial charge in [-0.3, -0.25) is 4.79 Å². The largest absolute Gasteiger partial charge is 0.396 e. The van der Waals surface area contributed by atoms with Crippen LogP contribution >= 0.6 is 0 Å². The van der Waals surface area contributed by atoms with E-state index in [4.69, 9.17) is 0 Å². The van der Waals surface area contributed by atoms with Crippen LogP contribution in [-0.2, 0) is 4.79 Å². The van der Waals surface area contributed by atoms with Crippen molar-refractivity contribution in [3.63, 3.8) is 0 Å². The molecule has 0 fully saturated rings.